The van der Waals surface area contributed by atoms with E-state index in [0.717, 1.165) is 16.5 Å². The van der Waals surface area contributed by atoms with Crippen molar-refractivity contribution < 1.29 is 9.13 Å². The second-order valence-corrected chi connectivity index (χ2v) is 4.27. The predicted octanol–water partition coefficient (Wildman–Crippen LogP) is 2.52. The monoisotopic (exact) mass is 236 g/mol. The van der Waals surface area contributed by atoms with Crippen LogP contribution < -0.4 is 5.73 Å². The summed E-state index contributed by atoms with van der Waals surface area (Å²) in [4.78, 5) is 2.98. The normalized spacial score (nSPS) is 13.2. The highest BCUT2D eigenvalue weighted by Gasteiger charge is 2.15. The first-order valence-corrected chi connectivity index (χ1v) is 5.66. The van der Waals surface area contributed by atoms with E-state index in [1.54, 1.807) is 13.2 Å². The number of aromatic amines is 1. The van der Waals surface area contributed by atoms with Gasteiger partial charge in [-0.2, -0.15) is 0 Å². The summed E-state index contributed by atoms with van der Waals surface area (Å²) in [6.07, 6.45) is 1.84. The smallest absolute Gasteiger partial charge is 0.147 e. The number of rotatable bonds is 4. The van der Waals surface area contributed by atoms with Crippen LogP contribution in [0.5, 0.6) is 0 Å². The third kappa shape index (κ3) is 2.06. The maximum Gasteiger partial charge on any atom is 0.147 e. The molecule has 0 radical (unpaired) electrons. The van der Waals surface area contributed by atoms with Crippen molar-refractivity contribution in [3.05, 3.63) is 35.3 Å². The summed E-state index contributed by atoms with van der Waals surface area (Å²) >= 11 is 0. The van der Waals surface area contributed by atoms with Gasteiger partial charge in [0.1, 0.15) is 5.82 Å². The minimum absolute atomic E-state index is 0.196. The lowest BCUT2D eigenvalue weighted by Gasteiger charge is -2.10. The number of hydrogen-bond acceptors (Lipinski definition) is 2. The van der Waals surface area contributed by atoms with Gasteiger partial charge in [0.05, 0.1) is 12.1 Å². The lowest BCUT2D eigenvalue weighted by Crippen LogP contribution is -2.08. The van der Waals surface area contributed by atoms with E-state index < -0.39 is 0 Å². The molecule has 0 fully saturated rings. The second-order valence-electron chi connectivity index (χ2n) is 4.27. The van der Waals surface area contributed by atoms with Crippen molar-refractivity contribution >= 4 is 10.9 Å². The number of methoxy groups -OCH3 is 1. The van der Waals surface area contributed by atoms with Crippen molar-refractivity contribution in [1.82, 2.24) is 4.98 Å². The highest BCUT2D eigenvalue weighted by molar-refractivity contribution is 5.87. The molecule has 0 spiro atoms. The lowest BCUT2D eigenvalue weighted by atomic mass is 9.97. The summed E-state index contributed by atoms with van der Waals surface area (Å²) < 4.78 is 18.8. The van der Waals surface area contributed by atoms with Gasteiger partial charge in [-0.15, -0.1) is 0 Å². The fourth-order valence-corrected chi connectivity index (χ4v) is 2.10. The fourth-order valence-electron chi connectivity index (χ4n) is 2.10. The van der Waals surface area contributed by atoms with Gasteiger partial charge in [-0.1, -0.05) is 13.0 Å². The molecule has 1 heterocycles. The van der Waals surface area contributed by atoms with Crippen LogP contribution >= 0.6 is 0 Å². The van der Waals surface area contributed by atoms with E-state index in [1.165, 1.54) is 6.07 Å². The van der Waals surface area contributed by atoms with Crippen molar-refractivity contribution in [2.45, 2.75) is 19.4 Å². The zero-order valence-corrected chi connectivity index (χ0v) is 10.1. The van der Waals surface area contributed by atoms with Crippen LogP contribution in [0.15, 0.2) is 18.3 Å². The Morgan fingerprint density at radius 3 is 2.88 bits per heavy atom. The van der Waals surface area contributed by atoms with Crippen LogP contribution in [0.1, 0.15) is 24.0 Å². The molecule has 92 valence electrons. The molecule has 0 aliphatic carbocycles. The molecule has 0 aliphatic rings. The fraction of sp³-hybridized carbons (Fsp3) is 0.385. The number of nitrogens with two attached hydrogens (primary N) is 1. The summed E-state index contributed by atoms with van der Waals surface area (Å²) in [5, 5.41) is 0.907. The van der Waals surface area contributed by atoms with Gasteiger partial charge in [0.25, 0.3) is 0 Å². The van der Waals surface area contributed by atoms with Crippen LogP contribution in [0.2, 0.25) is 0 Å². The Labute approximate surface area is 99.8 Å². The topological polar surface area (TPSA) is 51.0 Å². The minimum atomic E-state index is -0.240. The van der Waals surface area contributed by atoms with Crippen molar-refractivity contribution in [2.24, 2.45) is 5.73 Å². The summed E-state index contributed by atoms with van der Waals surface area (Å²) in [7, 11) is 1.63. The summed E-state index contributed by atoms with van der Waals surface area (Å²) in [6.45, 7) is 3.04. The zero-order valence-electron chi connectivity index (χ0n) is 10.1. The van der Waals surface area contributed by atoms with E-state index in [1.807, 2.05) is 13.1 Å². The molecule has 1 aromatic heterocycles. The van der Waals surface area contributed by atoms with Gasteiger partial charge in [-0.05, 0) is 29.7 Å². The Hall–Kier alpha value is -1.39. The van der Waals surface area contributed by atoms with Gasteiger partial charge in [0.2, 0.25) is 0 Å². The minimum Gasteiger partial charge on any atom is -0.380 e. The molecule has 2 aromatic rings. The van der Waals surface area contributed by atoms with E-state index >= 15 is 0 Å². The molecule has 0 bridgehead atoms. The van der Waals surface area contributed by atoms with Crippen LogP contribution in [0, 0.1) is 5.82 Å². The average Bonchev–Trinajstić information content (AvgIpc) is 2.77. The number of aromatic nitrogens is 1. The van der Waals surface area contributed by atoms with Crippen molar-refractivity contribution in [1.29, 1.82) is 0 Å². The first-order chi connectivity index (χ1) is 8.19. The van der Waals surface area contributed by atoms with E-state index in [0.29, 0.717) is 18.7 Å². The Kier molecular flexibility index (Phi) is 3.45. The average molecular weight is 236 g/mol. The number of H-pyrrole nitrogens is 1. The summed E-state index contributed by atoms with van der Waals surface area (Å²) in [5.41, 5.74) is 8.25. The summed E-state index contributed by atoms with van der Waals surface area (Å²) in [5.74, 6) is -0.0449. The molecule has 4 heteroatoms. The second kappa shape index (κ2) is 4.85. The molecule has 0 saturated carbocycles. The molecule has 3 N–H and O–H groups in total. The lowest BCUT2D eigenvalue weighted by molar-refractivity contribution is 0.186. The first-order valence-electron chi connectivity index (χ1n) is 5.66. The quantitative estimate of drug-likeness (QED) is 0.857. The van der Waals surface area contributed by atoms with Gasteiger partial charge >= 0.3 is 0 Å². The number of hydrogen-bond donors (Lipinski definition) is 2. The maximum absolute atomic E-state index is 13.7. The molecule has 0 saturated heterocycles. The van der Waals surface area contributed by atoms with Gasteiger partial charge < -0.3 is 15.5 Å². The zero-order chi connectivity index (χ0) is 12.4. The molecular weight excluding hydrogens is 219 g/mol. The van der Waals surface area contributed by atoms with Crippen LogP contribution in [0.3, 0.4) is 0 Å². The third-order valence-electron chi connectivity index (χ3n) is 3.09. The van der Waals surface area contributed by atoms with Crippen molar-refractivity contribution in [3.63, 3.8) is 0 Å². The SMILES string of the molecule is COCc1ccc(F)c2[nH]cc(C(C)CN)c12. The Morgan fingerprint density at radius 1 is 1.47 bits per heavy atom. The van der Waals surface area contributed by atoms with Gasteiger partial charge in [0.15, 0.2) is 0 Å². The standard InChI is InChI=1S/C13H17FN2O/c1-8(5-15)10-6-16-13-11(14)4-3-9(7-17-2)12(10)13/h3-4,6,8,16H,5,7,15H2,1-2H3. The third-order valence-corrected chi connectivity index (χ3v) is 3.09. The molecule has 17 heavy (non-hydrogen) atoms. The number of benzene rings is 1. The van der Waals surface area contributed by atoms with Crippen LogP contribution in [-0.2, 0) is 11.3 Å². The van der Waals surface area contributed by atoms with E-state index in [-0.39, 0.29) is 11.7 Å². The number of fused-ring (bicyclic) bond motifs is 1. The van der Waals surface area contributed by atoms with Crippen LogP contribution in [0.4, 0.5) is 4.39 Å². The highest BCUT2D eigenvalue weighted by atomic mass is 19.1. The van der Waals surface area contributed by atoms with Crippen molar-refractivity contribution in [2.75, 3.05) is 13.7 Å². The van der Waals surface area contributed by atoms with Crippen molar-refractivity contribution in [3.8, 4) is 0 Å². The molecule has 2 rings (SSSR count). The molecule has 3 nitrogen and oxygen atoms in total. The Bertz CT molecular complexity index is 521. The van der Waals surface area contributed by atoms with Crippen LogP contribution in [0.25, 0.3) is 10.9 Å². The van der Waals surface area contributed by atoms with Crippen LogP contribution in [-0.4, -0.2) is 18.6 Å². The molecular formula is C13H17FN2O. The first kappa shape index (κ1) is 12.1. The molecule has 1 atom stereocenters. The Balaban J connectivity index is 2.66. The largest absolute Gasteiger partial charge is 0.380 e. The number of halogens is 1. The molecule has 1 aromatic carbocycles. The van der Waals surface area contributed by atoms with E-state index in [4.69, 9.17) is 10.5 Å². The highest BCUT2D eigenvalue weighted by Crippen LogP contribution is 2.30. The van der Waals surface area contributed by atoms with E-state index in [2.05, 4.69) is 4.98 Å². The van der Waals surface area contributed by atoms with E-state index in [9.17, 15) is 4.39 Å². The van der Waals surface area contributed by atoms with Gasteiger partial charge in [-0.3, -0.25) is 0 Å². The number of ether oxygens (including phenoxy) is 1. The number of nitrogens with one attached hydrogen (secondary N) is 1. The molecule has 0 amide bonds. The Morgan fingerprint density at radius 2 is 2.24 bits per heavy atom. The summed E-state index contributed by atoms with van der Waals surface area (Å²) in [6, 6.07) is 3.23. The predicted molar refractivity (Wildman–Crippen MR) is 66.4 cm³/mol. The maximum atomic E-state index is 13.7. The molecule has 0 aliphatic heterocycles. The molecule has 1 unspecified atom stereocenters. The van der Waals surface area contributed by atoms with Gasteiger partial charge in [-0.25, -0.2) is 4.39 Å². The van der Waals surface area contributed by atoms with Gasteiger partial charge in [0, 0.05) is 18.7 Å².